The predicted molar refractivity (Wildman–Crippen MR) is 71.6 cm³/mol. The molecule has 0 aromatic heterocycles. The van der Waals surface area contributed by atoms with E-state index in [1.54, 1.807) is 0 Å². The van der Waals surface area contributed by atoms with Crippen LogP contribution >= 0.6 is 0 Å². The lowest BCUT2D eigenvalue weighted by Gasteiger charge is -2.31. The average molecular weight is 265 g/mol. The molecule has 0 atom stereocenters. The summed E-state index contributed by atoms with van der Waals surface area (Å²) < 4.78 is 29.6. The third-order valence-electron chi connectivity index (χ3n) is 2.33. The van der Waals surface area contributed by atoms with Crippen molar-refractivity contribution >= 4 is 10.0 Å². The molecule has 104 valence electrons. The number of hydrogen-bond donors (Lipinski definition) is 0. The third kappa shape index (κ3) is 7.73. The molecule has 1 aliphatic rings. The second-order valence-corrected chi connectivity index (χ2v) is 6.74. The Morgan fingerprint density at radius 1 is 1.24 bits per heavy atom. The first-order valence-corrected chi connectivity index (χ1v) is 8.26. The molecule has 0 radical (unpaired) electrons. The summed E-state index contributed by atoms with van der Waals surface area (Å²) in [5, 5.41) is 0. The third-order valence-corrected chi connectivity index (χ3v) is 3.64. The van der Waals surface area contributed by atoms with Gasteiger partial charge in [0.15, 0.2) is 0 Å². The van der Waals surface area contributed by atoms with E-state index in [4.69, 9.17) is 4.74 Å². The van der Waals surface area contributed by atoms with Crippen molar-refractivity contribution < 1.29 is 13.2 Å². The van der Waals surface area contributed by atoms with E-state index >= 15 is 0 Å². The van der Waals surface area contributed by atoms with Crippen LogP contribution in [-0.2, 0) is 14.8 Å². The summed E-state index contributed by atoms with van der Waals surface area (Å²) in [6, 6.07) is 0. The van der Waals surface area contributed by atoms with Crippen LogP contribution < -0.4 is 0 Å². The second kappa shape index (κ2) is 8.06. The zero-order valence-corrected chi connectivity index (χ0v) is 12.6. The molecular formula is C12H27NO3S. The largest absolute Gasteiger partial charge is 0.375 e. The molecule has 5 heteroatoms. The smallest absolute Gasteiger partial charge is 0.211 e. The van der Waals surface area contributed by atoms with E-state index in [0.29, 0.717) is 13.1 Å². The normalized spacial score (nSPS) is 18.9. The topological polar surface area (TPSA) is 46.6 Å². The fourth-order valence-electron chi connectivity index (χ4n) is 1.68. The quantitative estimate of drug-likeness (QED) is 0.786. The Bertz CT molecular complexity index is 280. The van der Waals surface area contributed by atoms with E-state index < -0.39 is 10.0 Å². The van der Waals surface area contributed by atoms with Crippen molar-refractivity contribution in [1.82, 2.24) is 4.31 Å². The summed E-state index contributed by atoms with van der Waals surface area (Å²) in [7, 11) is -3.00. The van der Waals surface area contributed by atoms with E-state index in [1.165, 1.54) is 17.0 Å². The van der Waals surface area contributed by atoms with Gasteiger partial charge in [0.05, 0.1) is 18.5 Å². The van der Waals surface area contributed by atoms with Crippen LogP contribution in [0.4, 0.5) is 0 Å². The Morgan fingerprint density at radius 3 is 1.94 bits per heavy atom. The number of rotatable bonds is 3. The minimum Gasteiger partial charge on any atom is -0.375 e. The summed E-state index contributed by atoms with van der Waals surface area (Å²) in [6.45, 7) is 9.44. The van der Waals surface area contributed by atoms with Crippen molar-refractivity contribution in [3.8, 4) is 0 Å². The number of sulfonamides is 1. The molecule has 0 amide bonds. The molecular weight excluding hydrogens is 238 g/mol. The molecule has 17 heavy (non-hydrogen) atoms. The van der Waals surface area contributed by atoms with Gasteiger partial charge in [0.25, 0.3) is 0 Å². The second-order valence-electron chi connectivity index (χ2n) is 4.75. The maximum atomic E-state index is 11.2. The van der Waals surface area contributed by atoms with Crippen molar-refractivity contribution in [2.45, 2.75) is 59.2 Å². The number of piperidine rings is 1. The Morgan fingerprint density at radius 2 is 1.65 bits per heavy atom. The van der Waals surface area contributed by atoms with E-state index in [2.05, 4.69) is 13.8 Å². The lowest BCUT2D eigenvalue weighted by atomic mass is 10.1. The predicted octanol–water partition coefficient (Wildman–Crippen LogP) is 2.25. The first-order chi connectivity index (χ1) is 7.81. The maximum absolute atomic E-state index is 11.2. The molecule has 0 bridgehead atoms. The monoisotopic (exact) mass is 265 g/mol. The van der Waals surface area contributed by atoms with Crippen LogP contribution in [0, 0.1) is 0 Å². The van der Waals surface area contributed by atoms with Gasteiger partial charge in [-0.15, -0.1) is 0 Å². The zero-order valence-electron chi connectivity index (χ0n) is 11.8. The van der Waals surface area contributed by atoms with Gasteiger partial charge in [0, 0.05) is 13.1 Å². The van der Waals surface area contributed by atoms with Gasteiger partial charge in [-0.1, -0.05) is 20.3 Å². The summed E-state index contributed by atoms with van der Waals surface area (Å²) >= 11 is 0. The van der Waals surface area contributed by atoms with Gasteiger partial charge in [-0.05, 0) is 26.7 Å². The SMILES string of the molecule is CC(C)OC1CCN(S(C)(=O)=O)CC1.CCC. The van der Waals surface area contributed by atoms with Gasteiger partial charge >= 0.3 is 0 Å². The van der Waals surface area contributed by atoms with Crippen LogP contribution in [0.2, 0.25) is 0 Å². The van der Waals surface area contributed by atoms with Gasteiger partial charge in [-0.25, -0.2) is 12.7 Å². The van der Waals surface area contributed by atoms with Gasteiger partial charge in [0.2, 0.25) is 10.0 Å². The fraction of sp³-hybridized carbons (Fsp3) is 1.00. The highest BCUT2D eigenvalue weighted by Crippen LogP contribution is 2.17. The van der Waals surface area contributed by atoms with Gasteiger partial charge < -0.3 is 4.74 Å². The average Bonchev–Trinajstić information content (AvgIpc) is 2.17. The zero-order chi connectivity index (χ0) is 13.5. The highest BCUT2D eigenvalue weighted by Gasteiger charge is 2.25. The van der Waals surface area contributed by atoms with Crippen molar-refractivity contribution in [2.24, 2.45) is 0 Å². The molecule has 1 aliphatic heterocycles. The van der Waals surface area contributed by atoms with Crippen LogP contribution in [0.25, 0.3) is 0 Å². The Hall–Kier alpha value is -0.130. The number of nitrogens with zero attached hydrogens (tertiary/aromatic N) is 1. The molecule has 0 saturated carbocycles. The Balaban J connectivity index is 0.000000770. The molecule has 1 fully saturated rings. The van der Waals surface area contributed by atoms with Crippen LogP contribution in [0.15, 0.2) is 0 Å². The summed E-state index contributed by atoms with van der Waals surface area (Å²) in [5.41, 5.74) is 0. The summed E-state index contributed by atoms with van der Waals surface area (Å²) in [4.78, 5) is 0. The standard InChI is InChI=1S/C9H19NO3S.C3H8/c1-8(2)13-9-4-6-10(7-5-9)14(3,11)12;1-3-2/h8-9H,4-7H2,1-3H3;3H2,1-2H3. The van der Waals surface area contributed by atoms with Crippen LogP contribution in [-0.4, -0.2) is 44.3 Å². The Kier molecular flexibility index (Phi) is 8.00. The highest BCUT2D eigenvalue weighted by molar-refractivity contribution is 7.88. The molecule has 1 saturated heterocycles. The van der Waals surface area contributed by atoms with Crippen molar-refractivity contribution in [2.75, 3.05) is 19.3 Å². The first-order valence-electron chi connectivity index (χ1n) is 6.41. The van der Waals surface area contributed by atoms with E-state index in [0.717, 1.165) is 12.8 Å². The molecule has 0 unspecified atom stereocenters. The summed E-state index contributed by atoms with van der Waals surface area (Å²) in [5.74, 6) is 0. The molecule has 0 aromatic carbocycles. The van der Waals surface area contributed by atoms with Gasteiger partial charge in [-0.3, -0.25) is 0 Å². The summed E-state index contributed by atoms with van der Waals surface area (Å²) in [6.07, 6.45) is 4.59. The molecule has 0 aromatic rings. The van der Waals surface area contributed by atoms with Crippen molar-refractivity contribution in [3.63, 3.8) is 0 Å². The van der Waals surface area contributed by atoms with Crippen molar-refractivity contribution in [3.05, 3.63) is 0 Å². The molecule has 4 nitrogen and oxygen atoms in total. The first kappa shape index (κ1) is 16.9. The molecule has 0 N–H and O–H groups in total. The molecule has 0 spiro atoms. The van der Waals surface area contributed by atoms with Crippen molar-refractivity contribution in [1.29, 1.82) is 0 Å². The Labute approximate surface area is 106 Å². The molecule has 0 aliphatic carbocycles. The number of ether oxygens (including phenoxy) is 1. The van der Waals surface area contributed by atoms with E-state index in [1.807, 2.05) is 13.8 Å². The van der Waals surface area contributed by atoms with Crippen LogP contribution in [0.3, 0.4) is 0 Å². The minimum absolute atomic E-state index is 0.227. The lowest BCUT2D eigenvalue weighted by molar-refractivity contribution is -0.0167. The number of hydrogen-bond acceptors (Lipinski definition) is 3. The minimum atomic E-state index is -3.00. The lowest BCUT2D eigenvalue weighted by Crippen LogP contribution is -2.40. The van der Waals surface area contributed by atoms with Crippen LogP contribution in [0.5, 0.6) is 0 Å². The molecule has 1 heterocycles. The van der Waals surface area contributed by atoms with Gasteiger partial charge in [-0.2, -0.15) is 0 Å². The highest BCUT2D eigenvalue weighted by atomic mass is 32.2. The van der Waals surface area contributed by atoms with E-state index in [-0.39, 0.29) is 12.2 Å². The molecule has 1 rings (SSSR count). The van der Waals surface area contributed by atoms with E-state index in [9.17, 15) is 8.42 Å². The fourth-order valence-corrected chi connectivity index (χ4v) is 2.56. The van der Waals surface area contributed by atoms with Crippen LogP contribution in [0.1, 0.15) is 47.0 Å². The van der Waals surface area contributed by atoms with Gasteiger partial charge in [0.1, 0.15) is 0 Å². The maximum Gasteiger partial charge on any atom is 0.211 e.